The van der Waals surface area contributed by atoms with Crippen LogP contribution in [0.1, 0.15) is 68.7 Å². The number of hydroxylamine groups is 1. The fraction of sp³-hybridized carbons (Fsp3) is 0.267. The van der Waals surface area contributed by atoms with Gasteiger partial charge in [-0.3, -0.25) is 69.6 Å². The van der Waals surface area contributed by atoms with Gasteiger partial charge in [0.15, 0.2) is 0 Å². The Morgan fingerprint density at radius 1 is 0.490 bits per heavy atom. The highest BCUT2D eigenvalue weighted by Gasteiger charge is 2.68. The number of halogens is 8. The lowest BCUT2D eigenvalue weighted by Gasteiger charge is -2.22. The summed E-state index contributed by atoms with van der Waals surface area (Å²) in [4.78, 5) is 107. The number of carbonyl (C=O) groups is 8. The number of sulfonamides is 2. The van der Waals surface area contributed by atoms with Crippen LogP contribution in [-0.2, 0) is 84.5 Å². The molecule has 0 radical (unpaired) electrons. The Bertz CT molecular complexity index is 4300. The summed E-state index contributed by atoms with van der Waals surface area (Å²) >= 11 is 0. The number of hydrogen-bond donors (Lipinski definition) is 14. The van der Waals surface area contributed by atoms with Crippen molar-refractivity contribution in [3.63, 3.8) is 0 Å². The first-order valence-electron chi connectivity index (χ1n) is 28.8. The summed E-state index contributed by atoms with van der Waals surface area (Å²) in [6, 6.07) is 25.2. The smallest absolute Gasteiger partial charge is 0.413 e. The van der Waals surface area contributed by atoms with Gasteiger partial charge in [-0.15, -0.1) is 0 Å². The highest BCUT2D eigenvalue weighted by atomic mass is 32.2. The summed E-state index contributed by atoms with van der Waals surface area (Å²) in [6.07, 6.45) is 1.96. The molecule has 40 heteroatoms. The zero-order chi connectivity index (χ0) is 74.0. The Balaban J connectivity index is 0.923. The third-order valence-corrected chi connectivity index (χ3v) is 16.5. The molecule has 0 atom stereocenters. The number of unbranched alkanes of at least 4 members (excludes halogenated alkanes) is 3. The summed E-state index contributed by atoms with van der Waals surface area (Å²) in [7, 11) is -6.77. The van der Waals surface area contributed by atoms with Crippen LogP contribution in [0, 0.1) is 0 Å². The summed E-state index contributed by atoms with van der Waals surface area (Å²) in [5, 5.41) is 24.8. The van der Waals surface area contributed by atoms with Crippen LogP contribution in [0.2, 0.25) is 0 Å². The molecule has 6 amide bonds. The first-order chi connectivity index (χ1) is 46.9. The zero-order valence-electron chi connectivity index (χ0n) is 52.0. The van der Waals surface area contributed by atoms with Crippen LogP contribution in [0.4, 0.5) is 69.2 Å². The lowest BCUT2D eigenvalue weighted by atomic mass is 10.0. The van der Waals surface area contributed by atoms with E-state index in [2.05, 4.69) is 30.9 Å². The summed E-state index contributed by atoms with van der Waals surface area (Å²) in [5.41, 5.74) is 15.5. The lowest BCUT2D eigenvalue weighted by Crippen LogP contribution is -2.57. The number of rotatable bonds is 38. The second kappa shape index (κ2) is 33.5. The maximum Gasteiger partial charge on any atom is 0.413 e. The highest BCUT2D eigenvalue weighted by molar-refractivity contribution is 7.93. The quantitative estimate of drug-likeness (QED) is 0.0124. The molecule has 0 aromatic heterocycles. The average molecular weight is 1460 g/mol. The van der Waals surface area contributed by atoms with Gasteiger partial charge in [0, 0.05) is 47.7 Å². The number of carboxylic acid groups (broad SMARTS) is 2. The Morgan fingerprint density at radius 2 is 0.910 bits per heavy atom. The normalized spacial score (nSPS) is 11.9. The molecule has 6 aromatic carbocycles. The van der Waals surface area contributed by atoms with E-state index in [1.807, 2.05) is 10.9 Å². The number of hydrogen-bond acceptors (Lipinski definition) is 20. The second-order valence-corrected chi connectivity index (χ2v) is 24.6. The van der Waals surface area contributed by atoms with Gasteiger partial charge in [-0.2, -0.15) is 35.1 Å². The molecular weight excluding hydrogens is 1390 g/mol. The summed E-state index contributed by atoms with van der Waals surface area (Å²) in [6.45, 7) is 0.454. The molecule has 0 fully saturated rings. The predicted octanol–water partition coefficient (Wildman–Crippen LogP) is 5.77. The van der Waals surface area contributed by atoms with Gasteiger partial charge in [0.05, 0.1) is 72.8 Å². The number of primary amides is 1. The van der Waals surface area contributed by atoms with E-state index in [-0.39, 0.29) is 99.1 Å². The van der Waals surface area contributed by atoms with Crippen molar-refractivity contribution in [2.75, 3.05) is 58.2 Å². The van der Waals surface area contributed by atoms with Crippen LogP contribution in [0.25, 0.3) is 0 Å². The van der Waals surface area contributed by atoms with Crippen molar-refractivity contribution in [1.29, 1.82) is 0 Å². The molecule has 100 heavy (non-hydrogen) atoms. The number of benzene rings is 6. The van der Waals surface area contributed by atoms with Crippen LogP contribution < -0.4 is 73.7 Å². The molecule has 16 N–H and O–H groups in total. The van der Waals surface area contributed by atoms with Gasteiger partial charge in [-0.05, 0) is 120 Å². The minimum absolute atomic E-state index is 0.0282. The molecule has 0 heterocycles. The minimum atomic E-state index is -5.76. The molecule has 0 saturated carbocycles. The number of amides is 6. The maximum atomic E-state index is 13.9. The molecule has 0 aliphatic rings. The van der Waals surface area contributed by atoms with Gasteiger partial charge in [0.2, 0.25) is 17.7 Å². The molecule has 0 unspecified atom stereocenters. The third-order valence-electron chi connectivity index (χ3n) is 13.7. The van der Waals surface area contributed by atoms with Crippen molar-refractivity contribution in [3.8, 4) is 11.5 Å². The number of hydrazine groups is 2. The van der Waals surface area contributed by atoms with Crippen molar-refractivity contribution in [2.24, 2.45) is 11.6 Å². The number of carbonyl (C=O) groups excluding carboxylic acids is 6. The van der Waals surface area contributed by atoms with Gasteiger partial charge in [0.25, 0.3) is 26.0 Å². The summed E-state index contributed by atoms with van der Waals surface area (Å²) < 4.78 is 178. The van der Waals surface area contributed by atoms with Gasteiger partial charge in [-0.1, -0.05) is 37.1 Å². The number of nitrogens with two attached hydrogens (primary N) is 2. The topological polar surface area (TPSA) is 455 Å². The van der Waals surface area contributed by atoms with E-state index in [0.717, 1.165) is 62.8 Å². The van der Waals surface area contributed by atoms with Gasteiger partial charge in [-0.25, -0.2) is 37.8 Å². The molecule has 0 aliphatic heterocycles. The standard InChI is InChI=1S/C60H62F8N12O18S2/c1-95-47-29-41(13-15-45(47)75-77-53(85)57(61,62)59(65,66)55(87)88)79-99(91,92)43-11-7-9-39(27-43)73-49(81)25-33-20-36(23-37(21-33)51(69)83)32-98-72-18-6-4-3-5-17-71-52(84)38-22-34(19-35(24-38)31-97-70)26-50(82)74-40-10-8-12-44(28-40)100(93,94)80-42-14-16-46(48(30-42)96-2)76-78-54(86)58(63,64)60(67,68)56(89)90/h7-16,19-24,27-30,72,75-76,79-80H,3-6,17-18,25-26,31-32,70H2,1-2H3,(H2,69,83)(H,71,84)(H,73,81)(H,74,82)(H,77,85)(H,78,86)(H,87,88)(H,89,90). The second-order valence-electron chi connectivity index (χ2n) is 21.2. The van der Waals surface area contributed by atoms with Crippen molar-refractivity contribution in [1.82, 2.24) is 21.6 Å². The third kappa shape index (κ3) is 20.6. The minimum Gasteiger partial charge on any atom is -0.494 e. The monoisotopic (exact) mass is 1450 g/mol. The van der Waals surface area contributed by atoms with Crippen molar-refractivity contribution in [3.05, 3.63) is 155 Å². The molecule has 538 valence electrons. The first-order valence-corrected chi connectivity index (χ1v) is 31.7. The molecule has 0 spiro atoms. The number of anilines is 6. The molecule has 0 aliphatic carbocycles. The average Bonchev–Trinajstić information content (AvgIpc) is 0.796. The SMILES string of the molecule is COc1cc(NS(=O)(=O)c2cccc(NC(=O)Cc3cc(CONCCCCCCNC(=O)c4cc(CON)cc(CC(=O)Nc5cccc(S(=O)(=O)Nc6ccc(NNC(=O)C(F)(F)C(F)(F)C(=O)O)c(OC)c6)c5)c4)cc(C(N)=O)c3)c2)ccc1NNC(=O)C(F)(F)C(F)(F)C(=O)O. The first kappa shape index (κ1) is 78.1. The van der Waals surface area contributed by atoms with E-state index in [0.29, 0.717) is 54.5 Å². The summed E-state index contributed by atoms with van der Waals surface area (Å²) in [5.74, 6) is -32.7. The Labute approximate surface area is 562 Å². The Kier molecular flexibility index (Phi) is 26.2. The Hall–Kier alpha value is -10.9. The zero-order valence-corrected chi connectivity index (χ0v) is 53.7. The van der Waals surface area contributed by atoms with Gasteiger partial charge in [0.1, 0.15) is 11.5 Å². The highest BCUT2D eigenvalue weighted by Crippen LogP contribution is 2.37. The van der Waals surface area contributed by atoms with Crippen LogP contribution >= 0.6 is 0 Å². The van der Waals surface area contributed by atoms with E-state index in [1.165, 1.54) is 71.5 Å². The number of methoxy groups -OCH3 is 2. The molecule has 6 rings (SSSR count). The van der Waals surface area contributed by atoms with Crippen molar-refractivity contribution >= 4 is 102 Å². The predicted molar refractivity (Wildman–Crippen MR) is 338 cm³/mol. The number of aliphatic carboxylic acids is 2. The Morgan fingerprint density at radius 3 is 1.34 bits per heavy atom. The van der Waals surface area contributed by atoms with Gasteiger partial charge >= 0.3 is 47.4 Å². The number of alkyl halides is 8. The number of nitrogens with one attached hydrogen (secondary N) is 10. The lowest BCUT2D eigenvalue weighted by molar-refractivity contribution is -0.222. The maximum absolute atomic E-state index is 13.9. The van der Waals surface area contributed by atoms with E-state index < -0.39 is 91.1 Å². The van der Waals surface area contributed by atoms with E-state index in [1.54, 1.807) is 12.1 Å². The van der Waals surface area contributed by atoms with Gasteiger partial charge < -0.3 is 41.4 Å². The van der Waals surface area contributed by atoms with Crippen LogP contribution in [0.3, 0.4) is 0 Å². The number of carboxylic acids is 2. The molecule has 0 bridgehead atoms. The van der Waals surface area contributed by atoms with Crippen molar-refractivity contribution < 1.29 is 120 Å². The van der Waals surface area contributed by atoms with E-state index in [9.17, 15) is 90.3 Å². The van der Waals surface area contributed by atoms with Crippen molar-refractivity contribution in [2.45, 2.75) is 85.2 Å². The molecule has 0 saturated heterocycles. The number of ether oxygens (including phenoxy) is 2. The van der Waals surface area contributed by atoms with Crippen LogP contribution in [-0.4, -0.2) is 125 Å². The molecule has 6 aromatic rings. The molecular formula is C60H62F8N12O18S2. The van der Waals surface area contributed by atoms with E-state index in [4.69, 9.17) is 41.0 Å². The fourth-order valence-electron chi connectivity index (χ4n) is 8.82. The van der Waals surface area contributed by atoms with Crippen LogP contribution in [0.5, 0.6) is 11.5 Å². The molecule has 30 nitrogen and oxygen atoms in total. The van der Waals surface area contributed by atoms with Crippen LogP contribution in [0.15, 0.2) is 131 Å². The van der Waals surface area contributed by atoms with E-state index >= 15 is 0 Å². The fourth-order valence-corrected chi connectivity index (χ4v) is 11.0. The largest absolute Gasteiger partial charge is 0.494 e.